The summed E-state index contributed by atoms with van der Waals surface area (Å²) in [7, 11) is 0. The van der Waals surface area contributed by atoms with E-state index in [-0.39, 0.29) is 11.2 Å². The minimum absolute atomic E-state index is 0.286. The van der Waals surface area contributed by atoms with E-state index in [1.807, 2.05) is 48.7 Å². The number of aromatic nitrogens is 2. The Morgan fingerprint density at radius 1 is 1.04 bits per heavy atom. The molecule has 130 valence electrons. The van der Waals surface area contributed by atoms with Gasteiger partial charge in [0.05, 0.1) is 17.7 Å². The summed E-state index contributed by atoms with van der Waals surface area (Å²) in [6, 6.07) is 16.6. The predicted octanol–water partition coefficient (Wildman–Crippen LogP) is 4.22. The topological polar surface area (TPSA) is 44.0 Å². The third-order valence-corrected chi connectivity index (χ3v) is 5.40. The van der Waals surface area contributed by atoms with Crippen LogP contribution >= 0.6 is 22.9 Å². The van der Waals surface area contributed by atoms with Gasteiger partial charge in [0.1, 0.15) is 4.70 Å². The monoisotopic (exact) mass is 382 g/mol. The van der Waals surface area contributed by atoms with E-state index in [1.165, 1.54) is 15.9 Å². The van der Waals surface area contributed by atoms with Crippen molar-refractivity contribution in [2.45, 2.75) is 13.5 Å². The number of halogens is 1. The van der Waals surface area contributed by atoms with Gasteiger partial charge in [0.2, 0.25) is 0 Å². The van der Waals surface area contributed by atoms with Crippen molar-refractivity contribution in [2.75, 3.05) is 0 Å². The van der Waals surface area contributed by atoms with E-state index in [0.717, 1.165) is 11.1 Å². The van der Waals surface area contributed by atoms with E-state index in [4.69, 9.17) is 11.6 Å². The first-order chi connectivity index (χ1) is 12.5. The Hall–Kier alpha value is -2.63. The summed E-state index contributed by atoms with van der Waals surface area (Å²) >= 11 is 7.42. The molecule has 2 heterocycles. The molecule has 0 aliphatic carbocycles. The maximum atomic E-state index is 13.2. The first-order valence-electron chi connectivity index (χ1n) is 8.09. The molecule has 26 heavy (non-hydrogen) atoms. The number of fused-ring (bicyclic) bond motifs is 1. The Kier molecular flexibility index (Phi) is 4.26. The van der Waals surface area contributed by atoms with Crippen LogP contribution in [0.1, 0.15) is 11.1 Å². The molecule has 0 aliphatic heterocycles. The van der Waals surface area contributed by atoms with Gasteiger partial charge in [0.25, 0.3) is 5.56 Å². The van der Waals surface area contributed by atoms with E-state index < -0.39 is 0 Å². The molecular formula is C20H15ClN2O2S. The van der Waals surface area contributed by atoms with Crippen LogP contribution in [-0.2, 0) is 6.54 Å². The van der Waals surface area contributed by atoms with Crippen LogP contribution in [0.25, 0.3) is 15.9 Å². The molecule has 0 radical (unpaired) electrons. The second kappa shape index (κ2) is 6.59. The third-order valence-electron chi connectivity index (χ3n) is 4.28. The molecule has 4 rings (SSSR count). The summed E-state index contributed by atoms with van der Waals surface area (Å²) in [5.74, 6) is 0. The van der Waals surface area contributed by atoms with Crippen molar-refractivity contribution in [1.29, 1.82) is 0 Å². The molecule has 4 aromatic rings. The SMILES string of the molecule is Cc1ccc(-n2c(=O)c3sccc3n(Cc3cccc(Cl)c3)c2=O)cc1. The van der Waals surface area contributed by atoms with Gasteiger partial charge in [-0.05, 0) is 48.2 Å². The van der Waals surface area contributed by atoms with Crippen LogP contribution in [0.4, 0.5) is 0 Å². The van der Waals surface area contributed by atoms with Crippen molar-refractivity contribution < 1.29 is 0 Å². The van der Waals surface area contributed by atoms with Gasteiger partial charge in [-0.3, -0.25) is 9.36 Å². The first-order valence-corrected chi connectivity index (χ1v) is 9.35. The summed E-state index contributed by atoms with van der Waals surface area (Å²) in [6.07, 6.45) is 0. The predicted molar refractivity (Wildman–Crippen MR) is 107 cm³/mol. The van der Waals surface area contributed by atoms with Crippen molar-refractivity contribution >= 4 is 33.2 Å². The first kappa shape index (κ1) is 16.8. The normalized spacial score (nSPS) is 11.2. The van der Waals surface area contributed by atoms with Crippen LogP contribution < -0.4 is 11.2 Å². The average Bonchev–Trinajstić information content (AvgIpc) is 3.10. The smallest absolute Gasteiger partial charge is 0.288 e. The van der Waals surface area contributed by atoms with Crippen LogP contribution in [-0.4, -0.2) is 9.13 Å². The molecule has 4 nitrogen and oxygen atoms in total. The third kappa shape index (κ3) is 2.89. The van der Waals surface area contributed by atoms with Gasteiger partial charge in [-0.25, -0.2) is 9.36 Å². The highest BCUT2D eigenvalue weighted by atomic mass is 35.5. The van der Waals surface area contributed by atoms with Crippen molar-refractivity contribution in [1.82, 2.24) is 9.13 Å². The number of rotatable bonds is 3. The van der Waals surface area contributed by atoms with Gasteiger partial charge in [0.15, 0.2) is 0 Å². The molecule has 6 heteroatoms. The van der Waals surface area contributed by atoms with Crippen LogP contribution in [0.15, 0.2) is 69.6 Å². The largest absolute Gasteiger partial charge is 0.336 e. The molecule has 0 unspecified atom stereocenters. The highest BCUT2D eigenvalue weighted by molar-refractivity contribution is 7.17. The quantitative estimate of drug-likeness (QED) is 0.532. The van der Waals surface area contributed by atoms with E-state index in [9.17, 15) is 9.59 Å². The zero-order valence-corrected chi connectivity index (χ0v) is 15.6. The lowest BCUT2D eigenvalue weighted by atomic mass is 10.2. The zero-order valence-electron chi connectivity index (χ0n) is 14.0. The van der Waals surface area contributed by atoms with Crippen LogP contribution in [0.3, 0.4) is 0 Å². The summed E-state index contributed by atoms with van der Waals surface area (Å²) in [4.78, 5) is 26.1. The number of hydrogen-bond donors (Lipinski definition) is 0. The van der Waals surface area contributed by atoms with Crippen LogP contribution in [0.5, 0.6) is 0 Å². The summed E-state index contributed by atoms with van der Waals surface area (Å²) in [5, 5.41) is 2.45. The Morgan fingerprint density at radius 3 is 2.54 bits per heavy atom. The molecular weight excluding hydrogens is 368 g/mol. The highest BCUT2D eigenvalue weighted by Crippen LogP contribution is 2.19. The second-order valence-corrected chi connectivity index (χ2v) is 7.46. The minimum atomic E-state index is -0.357. The Bertz CT molecular complexity index is 1220. The standard InChI is InChI=1S/C20H15ClN2O2S/c1-13-5-7-16(8-6-13)23-19(24)18-17(9-10-26-18)22(20(23)25)12-14-3-2-4-15(21)11-14/h2-11H,12H2,1H3. The molecule has 0 saturated carbocycles. The molecule has 0 N–H and O–H groups in total. The number of nitrogens with zero attached hydrogens (tertiary/aromatic N) is 2. The average molecular weight is 383 g/mol. The highest BCUT2D eigenvalue weighted by Gasteiger charge is 2.15. The van der Waals surface area contributed by atoms with Gasteiger partial charge < -0.3 is 0 Å². The van der Waals surface area contributed by atoms with Gasteiger partial charge in [-0.1, -0.05) is 41.4 Å². The fourth-order valence-electron chi connectivity index (χ4n) is 2.98. The zero-order chi connectivity index (χ0) is 18.3. The van der Waals surface area contributed by atoms with E-state index in [2.05, 4.69) is 0 Å². The van der Waals surface area contributed by atoms with E-state index >= 15 is 0 Å². The van der Waals surface area contributed by atoms with Crippen LogP contribution in [0, 0.1) is 6.92 Å². The maximum absolute atomic E-state index is 13.2. The lowest BCUT2D eigenvalue weighted by Crippen LogP contribution is -2.38. The molecule has 2 aromatic heterocycles. The van der Waals surface area contributed by atoms with E-state index in [0.29, 0.717) is 27.5 Å². The molecule has 2 aromatic carbocycles. The Balaban J connectivity index is 1.98. The van der Waals surface area contributed by atoms with Gasteiger partial charge in [-0.2, -0.15) is 0 Å². The summed E-state index contributed by atoms with van der Waals surface area (Å²) in [5.41, 5.74) is 2.55. The summed E-state index contributed by atoms with van der Waals surface area (Å²) in [6.45, 7) is 2.31. The number of thiophene rings is 1. The Labute approximate surface area is 158 Å². The molecule has 0 saturated heterocycles. The van der Waals surface area contributed by atoms with Gasteiger partial charge in [0, 0.05) is 5.02 Å². The lowest BCUT2D eigenvalue weighted by molar-refractivity contribution is 0.716. The van der Waals surface area contributed by atoms with Crippen molar-refractivity contribution in [2.24, 2.45) is 0 Å². The fourth-order valence-corrected chi connectivity index (χ4v) is 4.02. The molecule has 0 aliphatic rings. The van der Waals surface area contributed by atoms with Crippen molar-refractivity contribution in [3.63, 3.8) is 0 Å². The molecule has 0 amide bonds. The van der Waals surface area contributed by atoms with Crippen molar-refractivity contribution in [3.8, 4) is 5.69 Å². The van der Waals surface area contributed by atoms with Gasteiger partial charge in [-0.15, -0.1) is 11.3 Å². The molecule has 0 atom stereocenters. The van der Waals surface area contributed by atoms with Crippen LogP contribution in [0.2, 0.25) is 5.02 Å². The number of hydrogen-bond acceptors (Lipinski definition) is 3. The fraction of sp³-hybridized carbons (Fsp3) is 0.100. The maximum Gasteiger partial charge on any atom is 0.336 e. The minimum Gasteiger partial charge on any atom is -0.288 e. The second-order valence-electron chi connectivity index (χ2n) is 6.11. The molecule has 0 bridgehead atoms. The number of aryl methyl sites for hydroxylation is 1. The Morgan fingerprint density at radius 2 is 1.81 bits per heavy atom. The number of benzene rings is 2. The molecule has 0 fully saturated rings. The van der Waals surface area contributed by atoms with Crippen molar-refractivity contribution in [3.05, 3.63) is 97.0 Å². The summed E-state index contributed by atoms with van der Waals surface area (Å²) < 4.78 is 3.42. The van der Waals surface area contributed by atoms with Gasteiger partial charge >= 0.3 is 5.69 Å². The molecule has 0 spiro atoms. The van der Waals surface area contributed by atoms with E-state index in [1.54, 1.807) is 22.8 Å². The lowest BCUT2D eigenvalue weighted by Gasteiger charge is -2.13.